The largest absolute Gasteiger partial charge is 0.497 e. The summed E-state index contributed by atoms with van der Waals surface area (Å²) in [5, 5.41) is 0.562. The van der Waals surface area contributed by atoms with Crippen molar-refractivity contribution in [1.82, 2.24) is 0 Å². The molecule has 5 nitrogen and oxygen atoms in total. The van der Waals surface area contributed by atoms with Gasteiger partial charge in [-0.3, -0.25) is 14.6 Å². The van der Waals surface area contributed by atoms with Crippen LogP contribution in [0.5, 0.6) is 5.75 Å². The van der Waals surface area contributed by atoms with Crippen LogP contribution >= 0.6 is 11.6 Å². The maximum absolute atomic E-state index is 13.5. The van der Waals surface area contributed by atoms with Crippen LogP contribution in [0, 0.1) is 5.92 Å². The van der Waals surface area contributed by atoms with Gasteiger partial charge in [-0.25, -0.2) is 0 Å². The van der Waals surface area contributed by atoms with Gasteiger partial charge in [0, 0.05) is 34.3 Å². The van der Waals surface area contributed by atoms with Crippen molar-refractivity contribution < 1.29 is 19.1 Å². The highest BCUT2D eigenvalue weighted by atomic mass is 35.5. The molecule has 1 aliphatic heterocycles. The van der Waals surface area contributed by atoms with E-state index in [4.69, 9.17) is 26.1 Å². The summed E-state index contributed by atoms with van der Waals surface area (Å²) in [7, 11) is 1.63. The summed E-state index contributed by atoms with van der Waals surface area (Å²) >= 11 is 6.27. The fraction of sp³-hybridized carbons (Fsp3) is 0.346. The molecule has 0 saturated carbocycles. The van der Waals surface area contributed by atoms with Crippen molar-refractivity contribution in [1.29, 1.82) is 0 Å². The number of nitrogens with zero attached hydrogens (tertiary/aromatic N) is 1. The number of benzene rings is 2. The molecular formula is C26H26ClNO4. The molecule has 0 amide bonds. The first kappa shape index (κ1) is 22.3. The minimum Gasteiger partial charge on any atom is -0.497 e. The van der Waals surface area contributed by atoms with E-state index >= 15 is 0 Å². The molecule has 32 heavy (non-hydrogen) atoms. The van der Waals surface area contributed by atoms with Gasteiger partial charge in [-0.1, -0.05) is 35.9 Å². The topological polar surface area (TPSA) is 65.0 Å². The van der Waals surface area contributed by atoms with Crippen LogP contribution in [0.3, 0.4) is 0 Å². The van der Waals surface area contributed by atoms with Gasteiger partial charge in [0.25, 0.3) is 0 Å². The second-order valence-electron chi connectivity index (χ2n) is 8.18. The van der Waals surface area contributed by atoms with Crippen LogP contribution in [0.25, 0.3) is 0 Å². The monoisotopic (exact) mass is 451 g/mol. The number of esters is 1. The molecule has 1 heterocycles. The maximum Gasteiger partial charge on any atom is 0.315 e. The first-order chi connectivity index (χ1) is 15.4. The van der Waals surface area contributed by atoms with Gasteiger partial charge in [0.05, 0.1) is 13.7 Å². The number of aliphatic imine (C=N–C) groups is 1. The Labute approximate surface area is 193 Å². The number of halogens is 1. The van der Waals surface area contributed by atoms with Crippen LogP contribution < -0.4 is 4.74 Å². The molecule has 2 aliphatic rings. The van der Waals surface area contributed by atoms with Crippen LogP contribution in [-0.4, -0.2) is 31.2 Å². The van der Waals surface area contributed by atoms with Gasteiger partial charge in [-0.05, 0) is 61.6 Å². The van der Waals surface area contributed by atoms with E-state index in [0.717, 1.165) is 22.6 Å². The fourth-order valence-corrected chi connectivity index (χ4v) is 4.97. The molecule has 0 aromatic heterocycles. The number of methoxy groups -OCH3 is 1. The number of hydrogen-bond acceptors (Lipinski definition) is 5. The van der Waals surface area contributed by atoms with Gasteiger partial charge in [0.1, 0.15) is 11.7 Å². The first-order valence-electron chi connectivity index (χ1n) is 10.8. The summed E-state index contributed by atoms with van der Waals surface area (Å²) in [4.78, 5) is 31.2. The lowest BCUT2D eigenvalue weighted by molar-refractivity contribution is -0.146. The van der Waals surface area contributed by atoms with Crippen molar-refractivity contribution in [3.63, 3.8) is 0 Å². The van der Waals surface area contributed by atoms with Crippen LogP contribution in [-0.2, 0) is 14.3 Å². The van der Waals surface area contributed by atoms with Crippen LogP contribution in [0.4, 0.5) is 0 Å². The number of ketones is 1. The van der Waals surface area contributed by atoms with E-state index in [-0.39, 0.29) is 24.3 Å². The third kappa shape index (κ3) is 4.22. The van der Waals surface area contributed by atoms with Crippen molar-refractivity contribution in [2.24, 2.45) is 10.9 Å². The van der Waals surface area contributed by atoms with Gasteiger partial charge in [-0.2, -0.15) is 0 Å². The molecule has 0 saturated heterocycles. The second-order valence-corrected chi connectivity index (χ2v) is 8.61. The number of Topliss-reactive ketones (excluding diaryl/α,β-unsaturated/α-hetero) is 1. The average molecular weight is 452 g/mol. The average Bonchev–Trinajstić information content (AvgIpc) is 2.78. The Balaban J connectivity index is 1.77. The van der Waals surface area contributed by atoms with E-state index in [2.05, 4.69) is 0 Å². The van der Waals surface area contributed by atoms with Crippen molar-refractivity contribution in [3.05, 3.63) is 76.0 Å². The van der Waals surface area contributed by atoms with Crippen LogP contribution in [0.1, 0.15) is 49.7 Å². The fourth-order valence-electron chi connectivity index (χ4n) is 4.77. The smallest absolute Gasteiger partial charge is 0.315 e. The van der Waals surface area contributed by atoms with E-state index in [1.807, 2.05) is 49.4 Å². The van der Waals surface area contributed by atoms with Gasteiger partial charge < -0.3 is 9.47 Å². The Kier molecular flexibility index (Phi) is 6.47. The number of carbonyl (C=O) groups is 2. The lowest BCUT2D eigenvalue weighted by Crippen LogP contribution is -2.38. The molecule has 0 fully saturated rings. The quantitative estimate of drug-likeness (QED) is 0.564. The number of carbonyl (C=O) groups excluding carboxylic acids is 2. The Morgan fingerprint density at radius 2 is 1.88 bits per heavy atom. The Morgan fingerprint density at radius 3 is 2.53 bits per heavy atom. The first-order valence-corrected chi connectivity index (χ1v) is 11.2. The molecular weight excluding hydrogens is 426 g/mol. The molecule has 1 aliphatic carbocycles. The predicted octanol–water partition coefficient (Wildman–Crippen LogP) is 5.49. The molecule has 2 aromatic rings. The molecule has 0 N–H and O–H groups in total. The Bertz CT molecular complexity index is 1100. The number of allylic oxidation sites excluding steroid dienone is 2. The van der Waals surface area contributed by atoms with Crippen LogP contribution in [0.15, 0.2) is 64.8 Å². The summed E-state index contributed by atoms with van der Waals surface area (Å²) in [6, 6.07) is 15.2. The summed E-state index contributed by atoms with van der Waals surface area (Å²) < 4.78 is 10.6. The minimum absolute atomic E-state index is 0.0163. The third-order valence-electron chi connectivity index (χ3n) is 6.22. The highest BCUT2D eigenvalue weighted by molar-refractivity contribution is 6.30. The zero-order valence-electron chi connectivity index (χ0n) is 18.4. The Hall–Kier alpha value is -2.92. The zero-order chi connectivity index (χ0) is 22.8. The van der Waals surface area contributed by atoms with Crippen molar-refractivity contribution in [3.8, 4) is 5.75 Å². The van der Waals surface area contributed by atoms with E-state index in [0.29, 0.717) is 29.1 Å². The zero-order valence-corrected chi connectivity index (χ0v) is 19.2. The molecule has 166 valence electrons. The van der Waals surface area contributed by atoms with E-state index in [1.165, 1.54) is 0 Å². The second kappa shape index (κ2) is 9.29. The standard InChI is InChI=1S/C26H26ClNO4/c1-4-32-26(30)23-15(2)28-21-13-18(16-8-10-20(31-3)11-9-16)14-22(29)25(21)24(23)17-6-5-7-19(27)12-17/h5-12,18,23-24H,4,13-14H2,1-3H3/t18-,23?,24+/m1/s1. The Morgan fingerprint density at radius 1 is 1.12 bits per heavy atom. The minimum atomic E-state index is -0.645. The summed E-state index contributed by atoms with van der Waals surface area (Å²) in [6.07, 6.45) is 1.00. The predicted molar refractivity (Wildman–Crippen MR) is 124 cm³/mol. The number of hydrogen-bond donors (Lipinski definition) is 0. The van der Waals surface area contributed by atoms with Crippen LogP contribution in [0.2, 0.25) is 5.02 Å². The van der Waals surface area contributed by atoms with Gasteiger partial charge in [0.2, 0.25) is 0 Å². The molecule has 4 rings (SSSR count). The van der Waals surface area contributed by atoms with Gasteiger partial charge >= 0.3 is 5.97 Å². The molecule has 0 radical (unpaired) electrons. The van der Waals surface area contributed by atoms with E-state index in [1.54, 1.807) is 20.1 Å². The molecule has 6 heteroatoms. The highest BCUT2D eigenvalue weighted by Gasteiger charge is 2.44. The van der Waals surface area contributed by atoms with Crippen molar-refractivity contribution in [2.75, 3.05) is 13.7 Å². The highest BCUT2D eigenvalue weighted by Crippen LogP contribution is 2.47. The summed E-state index contributed by atoms with van der Waals surface area (Å²) in [5.74, 6) is -0.639. The molecule has 0 spiro atoms. The summed E-state index contributed by atoms with van der Waals surface area (Å²) in [5.41, 5.74) is 3.93. The van der Waals surface area contributed by atoms with Gasteiger partial charge in [0.15, 0.2) is 5.78 Å². The van der Waals surface area contributed by atoms with Crippen molar-refractivity contribution in [2.45, 2.75) is 38.5 Å². The third-order valence-corrected chi connectivity index (χ3v) is 6.46. The lowest BCUT2D eigenvalue weighted by atomic mass is 9.69. The van der Waals surface area contributed by atoms with Gasteiger partial charge in [-0.15, -0.1) is 0 Å². The molecule has 0 bridgehead atoms. The number of rotatable bonds is 5. The number of ether oxygens (including phenoxy) is 2. The van der Waals surface area contributed by atoms with Crippen molar-refractivity contribution >= 4 is 29.1 Å². The SMILES string of the molecule is CCOC(=O)C1C(C)=NC2=C(C(=O)C[C@H](c3ccc(OC)cc3)C2)[C@H]1c1cccc(Cl)c1. The maximum atomic E-state index is 13.5. The van der Waals surface area contributed by atoms with E-state index in [9.17, 15) is 9.59 Å². The summed E-state index contributed by atoms with van der Waals surface area (Å²) in [6.45, 7) is 3.88. The molecule has 3 atom stereocenters. The lowest BCUT2D eigenvalue weighted by Gasteiger charge is -2.36. The molecule has 1 unspecified atom stereocenters. The normalized spacial score (nSPS) is 22.8. The molecule has 2 aromatic carbocycles. The van der Waals surface area contributed by atoms with E-state index < -0.39 is 11.8 Å².